The predicted octanol–water partition coefficient (Wildman–Crippen LogP) is 3.46. The fourth-order valence-electron chi connectivity index (χ4n) is 2.40. The number of pyridine rings is 1. The maximum absolute atomic E-state index is 6.12. The molecule has 3 nitrogen and oxygen atoms in total. The third-order valence-electron chi connectivity index (χ3n) is 3.36. The molecule has 0 radical (unpaired) electrons. The van der Waals surface area contributed by atoms with Crippen LogP contribution in [0, 0.1) is 6.92 Å². The minimum absolute atomic E-state index is 0.580. The molecule has 0 saturated carbocycles. The first-order chi connectivity index (χ1) is 9.69. The van der Waals surface area contributed by atoms with Gasteiger partial charge in [-0.15, -0.1) is 0 Å². The average molecular weight is 286 g/mol. The van der Waals surface area contributed by atoms with Crippen LogP contribution in [0.2, 0.25) is 5.02 Å². The molecule has 1 aromatic carbocycles. The number of fused-ring (bicyclic) bond motifs is 1. The van der Waals surface area contributed by atoms with E-state index in [1.807, 2.05) is 22.7 Å². The van der Waals surface area contributed by atoms with Gasteiger partial charge in [0.05, 0.1) is 16.4 Å². The molecule has 2 heterocycles. The molecule has 0 aliphatic heterocycles. The maximum Gasteiger partial charge on any atom is 0.137 e. The maximum atomic E-state index is 6.12. The topological polar surface area (TPSA) is 43.3 Å². The second-order valence-corrected chi connectivity index (χ2v) is 5.32. The summed E-state index contributed by atoms with van der Waals surface area (Å²) in [4.78, 5) is 4.67. The minimum atomic E-state index is 0.580. The molecule has 2 N–H and O–H groups in total. The summed E-state index contributed by atoms with van der Waals surface area (Å²) in [6.45, 7) is 2.66. The van der Waals surface area contributed by atoms with Crippen LogP contribution < -0.4 is 5.73 Å². The van der Waals surface area contributed by atoms with Gasteiger partial charge in [-0.3, -0.25) is 4.40 Å². The smallest absolute Gasteiger partial charge is 0.137 e. The molecular weight excluding hydrogens is 270 g/mol. The Balaban J connectivity index is 2.27. The highest BCUT2D eigenvalue weighted by Crippen LogP contribution is 2.27. The summed E-state index contributed by atoms with van der Waals surface area (Å²) in [6.07, 6.45) is 2.65. The van der Waals surface area contributed by atoms with Crippen molar-refractivity contribution in [3.63, 3.8) is 0 Å². The summed E-state index contributed by atoms with van der Waals surface area (Å²) in [5, 5.41) is 0.697. The molecule has 3 aromatic rings. The lowest BCUT2D eigenvalue weighted by atomic mass is 10.1. The first-order valence-electron chi connectivity index (χ1n) is 6.62. The number of aryl methyl sites for hydroxylation is 1. The summed E-state index contributed by atoms with van der Waals surface area (Å²) >= 11 is 6.12. The Morgan fingerprint density at radius 1 is 1.15 bits per heavy atom. The molecule has 0 unspecified atom stereocenters. The van der Waals surface area contributed by atoms with E-state index in [1.165, 1.54) is 5.56 Å². The quantitative estimate of drug-likeness (QED) is 0.801. The van der Waals surface area contributed by atoms with Gasteiger partial charge in [-0.2, -0.15) is 0 Å². The van der Waals surface area contributed by atoms with E-state index in [4.69, 9.17) is 17.3 Å². The monoisotopic (exact) mass is 285 g/mol. The van der Waals surface area contributed by atoms with Gasteiger partial charge >= 0.3 is 0 Å². The van der Waals surface area contributed by atoms with E-state index in [1.54, 1.807) is 0 Å². The van der Waals surface area contributed by atoms with Gasteiger partial charge in [0.15, 0.2) is 0 Å². The zero-order valence-corrected chi connectivity index (χ0v) is 12.1. The average Bonchev–Trinajstić information content (AvgIpc) is 2.78. The van der Waals surface area contributed by atoms with E-state index < -0.39 is 0 Å². The minimum Gasteiger partial charge on any atom is -0.330 e. The molecule has 3 rings (SSSR count). The highest BCUT2D eigenvalue weighted by Gasteiger charge is 2.13. The van der Waals surface area contributed by atoms with Crippen LogP contribution in [0.5, 0.6) is 0 Å². The summed E-state index contributed by atoms with van der Waals surface area (Å²) in [6, 6.07) is 12.2. The van der Waals surface area contributed by atoms with Crippen LogP contribution in [0.25, 0.3) is 16.9 Å². The number of halogens is 1. The molecule has 4 heteroatoms. The molecule has 0 fully saturated rings. The molecule has 20 heavy (non-hydrogen) atoms. The third kappa shape index (κ3) is 2.30. The van der Waals surface area contributed by atoms with Crippen LogP contribution >= 0.6 is 11.6 Å². The van der Waals surface area contributed by atoms with Gasteiger partial charge in [0, 0.05) is 18.2 Å². The van der Waals surface area contributed by atoms with Crippen LogP contribution in [-0.2, 0) is 6.42 Å². The van der Waals surface area contributed by atoms with E-state index in [9.17, 15) is 0 Å². The number of rotatable bonds is 3. The van der Waals surface area contributed by atoms with Crippen molar-refractivity contribution in [2.45, 2.75) is 13.3 Å². The predicted molar refractivity (Wildman–Crippen MR) is 83.1 cm³/mol. The Kier molecular flexibility index (Phi) is 3.47. The number of hydrogen-bond acceptors (Lipinski definition) is 2. The Labute approximate surface area is 123 Å². The largest absolute Gasteiger partial charge is 0.330 e. The molecule has 0 saturated heterocycles. The van der Waals surface area contributed by atoms with Crippen molar-refractivity contribution in [3.8, 4) is 11.3 Å². The van der Waals surface area contributed by atoms with E-state index in [0.717, 1.165) is 29.0 Å². The van der Waals surface area contributed by atoms with Crippen molar-refractivity contribution in [3.05, 3.63) is 58.9 Å². The number of hydrogen-bond donors (Lipinski definition) is 1. The number of benzene rings is 1. The van der Waals surface area contributed by atoms with E-state index in [0.29, 0.717) is 11.6 Å². The second kappa shape index (κ2) is 5.27. The fraction of sp³-hybridized carbons (Fsp3) is 0.188. The van der Waals surface area contributed by atoms with E-state index >= 15 is 0 Å². The van der Waals surface area contributed by atoms with Gasteiger partial charge in [0.25, 0.3) is 0 Å². The molecular formula is C16H16ClN3. The van der Waals surface area contributed by atoms with E-state index in [-0.39, 0.29) is 0 Å². The van der Waals surface area contributed by atoms with Gasteiger partial charge in [-0.1, -0.05) is 41.4 Å². The van der Waals surface area contributed by atoms with Crippen LogP contribution in [-0.4, -0.2) is 15.9 Å². The Morgan fingerprint density at radius 2 is 1.90 bits per heavy atom. The number of nitrogens with two attached hydrogens (primary N) is 1. The van der Waals surface area contributed by atoms with Gasteiger partial charge in [0.2, 0.25) is 0 Å². The van der Waals surface area contributed by atoms with Crippen LogP contribution in [0.4, 0.5) is 0 Å². The van der Waals surface area contributed by atoms with Crippen molar-refractivity contribution in [1.29, 1.82) is 0 Å². The number of aromatic nitrogens is 2. The van der Waals surface area contributed by atoms with Gasteiger partial charge < -0.3 is 5.73 Å². The fourth-order valence-corrected chi connectivity index (χ4v) is 2.56. The zero-order valence-electron chi connectivity index (χ0n) is 11.3. The van der Waals surface area contributed by atoms with E-state index in [2.05, 4.69) is 36.2 Å². The molecule has 0 aliphatic rings. The van der Waals surface area contributed by atoms with Crippen molar-refractivity contribution in [2.75, 3.05) is 6.54 Å². The summed E-state index contributed by atoms with van der Waals surface area (Å²) in [7, 11) is 0. The molecule has 0 bridgehead atoms. The molecule has 2 aromatic heterocycles. The van der Waals surface area contributed by atoms with Crippen molar-refractivity contribution in [2.24, 2.45) is 5.73 Å². The Bertz CT molecular complexity index is 744. The molecule has 0 atom stereocenters. The Morgan fingerprint density at radius 3 is 2.60 bits per heavy atom. The highest BCUT2D eigenvalue weighted by molar-refractivity contribution is 6.30. The number of imidazole rings is 1. The number of nitrogens with zero attached hydrogens (tertiary/aromatic N) is 2. The molecule has 0 amide bonds. The first kappa shape index (κ1) is 13.2. The lowest BCUT2D eigenvalue weighted by Gasteiger charge is -2.06. The van der Waals surface area contributed by atoms with Gasteiger partial charge in [0.1, 0.15) is 5.65 Å². The zero-order chi connectivity index (χ0) is 14.1. The lowest BCUT2D eigenvalue weighted by Crippen LogP contribution is -2.04. The third-order valence-corrected chi connectivity index (χ3v) is 3.58. The SMILES string of the molecule is Cc1ccc(-c2c(CCN)nc3ccc(Cl)cn23)cc1. The summed E-state index contributed by atoms with van der Waals surface area (Å²) in [5.74, 6) is 0. The molecule has 0 spiro atoms. The van der Waals surface area contributed by atoms with Crippen LogP contribution in [0.1, 0.15) is 11.3 Å². The Hall–Kier alpha value is -1.84. The van der Waals surface area contributed by atoms with Gasteiger partial charge in [-0.05, 0) is 25.6 Å². The van der Waals surface area contributed by atoms with Crippen LogP contribution in [0.15, 0.2) is 42.6 Å². The summed E-state index contributed by atoms with van der Waals surface area (Å²) in [5.41, 5.74) is 11.1. The normalized spacial score (nSPS) is 11.2. The van der Waals surface area contributed by atoms with Gasteiger partial charge in [-0.25, -0.2) is 4.98 Å². The molecule has 0 aliphatic carbocycles. The molecule has 102 valence electrons. The highest BCUT2D eigenvalue weighted by atomic mass is 35.5. The van der Waals surface area contributed by atoms with Crippen molar-refractivity contribution < 1.29 is 0 Å². The summed E-state index contributed by atoms with van der Waals surface area (Å²) < 4.78 is 2.04. The lowest BCUT2D eigenvalue weighted by molar-refractivity contribution is 0.939. The van der Waals surface area contributed by atoms with Crippen molar-refractivity contribution >= 4 is 17.2 Å². The standard InChI is InChI=1S/C16H16ClN3/c1-11-2-4-12(5-3-11)16-14(8-9-18)19-15-7-6-13(17)10-20(15)16/h2-7,10H,8-9,18H2,1H3. The first-order valence-corrected chi connectivity index (χ1v) is 7.00. The second-order valence-electron chi connectivity index (χ2n) is 4.89. The van der Waals surface area contributed by atoms with Crippen molar-refractivity contribution in [1.82, 2.24) is 9.38 Å². The van der Waals surface area contributed by atoms with Crippen LogP contribution in [0.3, 0.4) is 0 Å².